The number of ketones is 1. The third-order valence-electron chi connectivity index (χ3n) is 4.78. The van der Waals surface area contributed by atoms with Crippen LogP contribution in [-0.4, -0.2) is 18.0 Å². The quantitative estimate of drug-likeness (QED) is 0.312. The lowest BCUT2D eigenvalue weighted by atomic mass is 9.97. The summed E-state index contributed by atoms with van der Waals surface area (Å²) in [6.45, 7) is 6.44. The molecular weight excluding hydrogens is 332 g/mol. The molecule has 0 heterocycles. The smallest absolute Gasteiger partial charge is 0.193 e. The van der Waals surface area contributed by atoms with E-state index in [1.165, 1.54) is 37.7 Å². The van der Waals surface area contributed by atoms with E-state index in [4.69, 9.17) is 4.74 Å². The Balaban J connectivity index is 2.01. The SMILES string of the molecule is CCCCCCCC(Cc1cccc(C(=O)c2ccccc2)c1)OC(C)C. The van der Waals surface area contributed by atoms with Crippen LogP contribution in [0.25, 0.3) is 0 Å². The molecule has 0 aliphatic carbocycles. The average Bonchev–Trinajstić information content (AvgIpc) is 2.67. The molecular formula is C25H34O2. The highest BCUT2D eigenvalue weighted by Gasteiger charge is 2.14. The maximum absolute atomic E-state index is 12.7. The predicted octanol–water partition coefficient (Wildman–Crippen LogP) is 6.61. The van der Waals surface area contributed by atoms with Gasteiger partial charge in [0.2, 0.25) is 0 Å². The molecule has 0 N–H and O–H groups in total. The predicted molar refractivity (Wildman–Crippen MR) is 113 cm³/mol. The molecule has 0 spiro atoms. The molecule has 2 rings (SSSR count). The zero-order chi connectivity index (χ0) is 19.5. The van der Waals surface area contributed by atoms with Crippen molar-refractivity contribution in [3.63, 3.8) is 0 Å². The van der Waals surface area contributed by atoms with Crippen molar-refractivity contribution in [1.82, 2.24) is 0 Å². The van der Waals surface area contributed by atoms with Gasteiger partial charge in [-0.05, 0) is 38.3 Å². The standard InChI is InChI=1S/C25H34O2/c1-4-5-6-7-11-17-24(27-20(2)3)19-21-13-12-16-23(18-21)25(26)22-14-9-8-10-15-22/h8-10,12-16,18,20,24H,4-7,11,17,19H2,1-3H3. The Morgan fingerprint density at radius 3 is 2.30 bits per heavy atom. The van der Waals surface area contributed by atoms with E-state index in [0.717, 1.165) is 24.0 Å². The molecule has 2 heteroatoms. The van der Waals surface area contributed by atoms with E-state index in [9.17, 15) is 4.79 Å². The van der Waals surface area contributed by atoms with Crippen LogP contribution in [0.4, 0.5) is 0 Å². The Kier molecular flexibility index (Phi) is 9.27. The van der Waals surface area contributed by atoms with Crippen LogP contribution in [0.3, 0.4) is 0 Å². The Labute approximate surface area is 165 Å². The van der Waals surface area contributed by atoms with Crippen molar-refractivity contribution in [1.29, 1.82) is 0 Å². The molecule has 0 aromatic heterocycles. The summed E-state index contributed by atoms with van der Waals surface area (Å²) in [4.78, 5) is 12.7. The zero-order valence-corrected chi connectivity index (χ0v) is 17.1. The lowest BCUT2D eigenvalue weighted by Gasteiger charge is -2.21. The number of carbonyl (C=O) groups is 1. The number of carbonyl (C=O) groups excluding carboxylic acids is 1. The number of ether oxygens (including phenoxy) is 1. The molecule has 0 bridgehead atoms. The lowest BCUT2D eigenvalue weighted by molar-refractivity contribution is 0.00236. The van der Waals surface area contributed by atoms with Crippen molar-refractivity contribution in [2.24, 2.45) is 0 Å². The van der Waals surface area contributed by atoms with Gasteiger partial charge in [-0.1, -0.05) is 87.6 Å². The number of hydrogen-bond acceptors (Lipinski definition) is 2. The molecule has 1 unspecified atom stereocenters. The van der Waals surface area contributed by atoms with Crippen molar-refractivity contribution >= 4 is 5.78 Å². The first-order valence-corrected chi connectivity index (χ1v) is 10.4. The van der Waals surface area contributed by atoms with Gasteiger partial charge in [0.1, 0.15) is 0 Å². The molecule has 0 aliphatic rings. The summed E-state index contributed by atoms with van der Waals surface area (Å²) in [6.07, 6.45) is 8.77. The molecule has 27 heavy (non-hydrogen) atoms. The van der Waals surface area contributed by atoms with Crippen LogP contribution in [0.15, 0.2) is 54.6 Å². The largest absolute Gasteiger partial charge is 0.375 e. The fraction of sp³-hybridized carbons (Fsp3) is 0.480. The summed E-state index contributed by atoms with van der Waals surface area (Å²) in [5.41, 5.74) is 2.67. The molecule has 1 atom stereocenters. The average molecular weight is 367 g/mol. The van der Waals surface area contributed by atoms with Gasteiger partial charge >= 0.3 is 0 Å². The van der Waals surface area contributed by atoms with Gasteiger partial charge in [0.05, 0.1) is 12.2 Å². The molecule has 2 aromatic rings. The minimum atomic E-state index is 0.0818. The van der Waals surface area contributed by atoms with Gasteiger partial charge in [-0.15, -0.1) is 0 Å². The van der Waals surface area contributed by atoms with Gasteiger partial charge in [-0.3, -0.25) is 4.79 Å². The Bertz CT molecular complexity index is 676. The van der Waals surface area contributed by atoms with Crippen LogP contribution < -0.4 is 0 Å². The molecule has 0 radical (unpaired) electrons. The van der Waals surface area contributed by atoms with Crippen molar-refractivity contribution in [3.05, 3.63) is 71.3 Å². The van der Waals surface area contributed by atoms with Crippen LogP contribution in [-0.2, 0) is 11.2 Å². The zero-order valence-electron chi connectivity index (χ0n) is 17.1. The third-order valence-corrected chi connectivity index (χ3v) is 4.78. The minimum absolute atomic E-state index is 0.0818. The second kappa shape index (κ2) is 11.7. The van der Waals surface area contributed by atoms with Gasteiger partial charge < -0.3 is 4.74 Å². The van der Waals surface area contributed by atoms with Crippen LogP contribution in [0, 0.1) is 0 Å². The normalized spacial score (nSPS) is 12.3. The monoisotopic (exact) mass is 366 g/mol. The summed E-state index contributed by atoms with van der Waals surface area (Å²) >= 11 is 0. The van der Waals surface area contributed by atoms with Crippen molar-refractivity contribution in [3.8, 4) is 0 Å². The Hall–Kier alpha value is -1.93. The van der Waals surface area contributed by atoms with Crippen LogP contribution >= 0.6 is 0 Å². The molecule has 0 saturated heterocycles. The van der Waals surface area contributed by atoms with Crippen molar-refractivity contribution in [2.75, 3.05) is 0 Å². The van der Waals surface area contributed by atoms with Gasteiger partial charge in [0.15, 0.2) is 5.78 Å². The highest BCUT2D eigenvalue weighted by atomic mass is 16.5. The van der Waals surface area contributed by atoms with Gasteiger partial charge in [0, 0.05) is 11.1 Å². The number of unbranched alkanes of at least 4 members (excludes halogenated alkanes) is 4. The first kappa shape index (κ1) is 21.4. The second-order valence-corrected chi connectivity index (χ2v) is 7.61. The maximum atomic E-state index is 12.7. The molecule has 0 saturated carbocycles. The maximum Gasteiger partial charge on any atom is 0.193 e. The first-order valence-electron chi connectivity index (χ1n) is 10.4. The van der Waals surface area contributed by atoms with E-state index in [1.54, 1.807) is 0 Å². The molecule has 0 aliphatic heterocycles. The summed E-state index contributed by atoms with van der Waals surface area (Å²) in [6, 6.07) is 17.5. The Morgan fingerprint density at radius 1 is 0.889 bits per heavy atom. The lowest BCUT2D eigenvalue weighted by Crippen LogP contribution is -2.20. The van der Waals surface area contributed by atoms with Gasteiger partial charge in [-0.2, -0.15) is 0 Å². The fourth-order valence-corrected chi connectivity index (χ4v) is 3.44. The highest BCUT2D eigenvalue weighted by molar-refractivity contribution is 6.09. The topological polar surface area (TPSA) is 26.3 Å². The van der Waals surface area contributed by atoms with Crippen molar-refractivity contribution < 1.29 is 9.53 Å². The summed E-state index contributed by atoms with van der Waals surface area (Å²) in [5, 5.41) is 0. The molecule has 146 valence electrons. The van der Waals surface area contributed by atoms with E-state index in [-0.39, 0.29) is 18.0 Å². The third kappa shape index (κ3) is 7.68. The summed E-state index contributed by atoms with van der Waals surface area (Å²) in [5.74, 6) is 0.0818. The van der Waals surface area contributed by atoms with Crippen LogP contribution in [0.5, 0.6) is 0 Å². The number of hydrogen-bond donors (Lipinski definition) is 0. The van der Waals surface area contributed by atoms with E-state index in [2.05, 4.69) is 26.8 Å². The first-order chi connectivity index (χ1) is 13.1. The molecule has 2 nitrogen and oxygen atoms in total. The number of benzene rings is 2. The van der Waals surface area contributed by atoms with E-state index >= 15 is 0 Å². The second-order valence-electron chi connectivity index (χ2n) is 7.61. The van der Waals surface area contributed by atoms with E-state index < -0.39 is 0 Å². The Morgan fingerprint density at radius 2 is 1.59 bits per heavy atom. The summed E-state index contributed by atoms with van der Waals surface area (Å²) in [7, 11) is 0. The van der Waals surface area contributed by atoms with Crippen molar-refractivity contribution in [2.45, 2.75) is 77.9 Å². The van der Waals surface area contributed by atoms with Gasteiger partial charge in [0.25, 0.3) is 0 Å². The van der Waals surface area contributed by atoms with E-state index in [1.807, 2.05) is 48.5 Å². The fourth-order valence-electron chi connectivity index (χ4n) is 3.44. The van der Waals surface area contributed by atoms with E-state index in [0.29, 0.717) is 0 Å². The molecule has 0 amide bonds. The van der Waals surface area contributed by atoms with Crippen LogP contribution in [0.2, 0.25) is 0 Å². The number of rotatable bonds is 12. The molecule has 2 aromatic carbocycles. The minimum Gasteiger partial charge on any atom is -0.375 e. The van der Waals surface area contributed by atoms with Gasteiger partial charge in [-0.25, -0.2) is 0 Å². The van der Waals surface area contributed by atoms with Crippen LogP contribution in [0.1, 0.15) is 80.8 Å². The summed E-state index contributed by atoms with van der Waals surface area (Å²) < 4.78 is 6.16. The highest BCUT2D eigenvalue weighted by Crippen LogP contribution is 2.18. The molecule has 0 fully saturated rings.